The van der Waals surface area contributed by atoms with E-state index in [9.17, 15) is 20.2 Å². The van der Waals surface area contributed by atoms with Gasteiger partial charge >= 0.3 is 0 Å². The summed E-state index contributed by atoms with van der Waals surface area (Å²) in [4.78, 5) is 23.3. The second-order valence-electron chi connectivity index (χ2n) is 6.95. The molecule has 4 rings (SSSR count). The van der Waals surface area contributed by atoms with E-state index in [2.05, 4.69) is 12.2 Å². The third-order valence-electron chi connectivity index (χ3n) is 4.88. The van der Waals surface area contributed by atoms with Gasteiger partial charge in [-0.25, -0.2) is 0 Å². The molecule has 1 amide bonds. The summed E-state index contributed by atoms with van der Waals surface area (Å²) in [5, 5.41) is 23.2. The van der Waals surface area contributed by atoms with Gasteiger partial charge in [0.15, 0.2) is 11.5 Å². The van der Waals surface area contributed by atoms with E-state index in [4.69, 9.17) is 13.9 Å². The summed E-state index contributed by atoms with van der Waals surface area (Å²) in [6.45, 7) is 2.70. The van der Waals surface area contributed by atoms with Crippen molar-refractivity contribution in [2.75, 3.05) is 18.5 Å². The Morgan fingerprint density at radius 3 is 2.62 bits per heavy atom. The van der Waals surface area contributed by atoms with Gasteiger partial charge < -0.3 is 19.2 Å². The predicted molar refractivity (Wildman–Crippen MR) is 102 cm³/mol. The molecule has 1 aromatic heterocycles. The summed E-state index contributed by atoms with van der Waals surface area (Å²) >= 11 is 0. The first-order valence-electron chi connectivity index (χ1n) is 9.07. The zero-order chi connectivity index (χ0) is 20.5. The Hall–Kier alpha value is -3.80. The number of amides is 1. The summed E-state index contributed by atoms with van der Waals surface area (Å²) in [7, 11) is 0. The molecule has 2 heterocycles. The molecule has 0 unspecified atom stereocenters. The minimum atomic E-state index is -0.787. The van der Waals surface area contributed by atoms with Crippen LogP contribution in [0.25, 0.3) is 6.08 Å². The van der Waals surface area contributed by atoms with Gasteiger partial charge in [-0.15, -0.1) is 0 Å². The molecule has 1 aliphatic heterocycles. The van der Waals surface area contributed by atoms with Crippen LogP contribution in [0.15, 0.2) is 34.3 Å². The van der Waals surface area contributed by atoms with E-state index in [1.165, 1.54) is 18.2 Å². The van der Waals surface area contributed by atoms with Crippen LogP contribution in [-0.2, 0) is 4.79 Å². The number of ether oxygens (including phenoxy) is 2. The first-order chi connectivity index (χ1) is 14.0. The summed E-state index contributed by atoms with van der Waals surface area (Å²) < 4.78 is 16.4. The van der Waals surface area contributed by atoms with E-state index in [-0.39, 0.29) is 35.1 Å². The number of hydrogen-bond donors (Lipinski definition) is 1. The van der Waals surface area contributed by atoms with Gasteiger partial charge in [-0.1, -0.05) is 6.92 Å². The highest BCUT2D eigenvalue weighted by atomic mass is 16.6. The van der Waals surface area contributed by atoms with Gasteiger partial charge in [0.2, 0.25) is 0 Å². The molecular weight excluding hydrogens is 378 g/mol. The second kappa shape index (κ2) is 7.31. The highest BCUT2D eigenvalue weighted by Crippen LogP contribution is 2.47. The fourth-order valence-corrected chi connectivity index (χ4v) is 3.17. The molecule has 0 spiro atoms. The molecule has 1 aromatic carbocycles. The van der Waals surface area contributed by atoms with Crippen molar-refractivity contribution in [1.29, 1.82) is 5.26 Å². The van der Waals surface area contributed by atoms with Crippen molar-refractivity contribution in [2.45, 2.75) is 19.3 Å². The Morgan fingerprint density at radius 1 is 1.31 bits per heavy atom. The fraction of sp³-hybridized carbons (Fsp3) is 0.300. The molecule has 29 heavy (non-hydrogen) atoms. The van der Waals surface area contributed by atoms with Gasteiger partial charge in [-0.3, -0.25) is 14.9 Å². The maximum atomic E-state index is 12.6. The molecule has 0 bridgehead atoms. The first-order valence-corrected chi connectivity index (χ1v) is 9.07. The molecule has 1 fully saturated rings. The van der Waals surface area contributed by atoms with Crippen molar-refractivity contribution in [3.63, 3.8) is 0 Å². The van der Waals surface area contributed by atoms with E-state index in [1.54, 1.807) is 6.07 Å². The van der Waals surface area contributed by atoms with Crippen LogP contribution >= 0.6 is 0 Å². The number of carbonyl (C=O) groups is 1. The summed E-state index contributed by atoms with van der Waals surface area (Å²) in [5.74, 6) is 1.86. The number of hydrogen-bond acceptors (Lipinski definition) is 7. The van der Waals surface area contributed by atoms with Crippen LogP contribution in [0.2, 0.25) is 0 Å². The molecular formula is C20H17N3O6. The minimum Gasteiger partial charge on any atom is -0.486 e. The number of nitriles is 1. The number of rotatable bonds is 5. The van der Waals surface area contributed by atoms with Crippen molar-refractivity contribution < 1.29 is 23.6 Å². The van der Waals surface area contributed by atoms with Gasteiger partial charge in [0.05, 0.1) is 11.0 Å². The fourth-order valence-electron chi connectivity index (χ4n) is 3.17. The monoisotopic (exact) mass is 395 g/mol. The Kier molecular flexibility index (Phi) is 4.68. The van der Waals surface area contributed by atoms with Gasteiger partial charge in [-0.05, 0) is 24.5 Å². The first kappa shape index (κ1) is 18.6. The van der Waals surface area contributed by atoms with E-state index < -0.39 is 10.8 Å². The van der Waals surface area contributed by atoms with E-state index in [0.717, 1.165) is 12.2 Å². The molecule has 2 atom stereocenters. The van der Waals surface area contributed by atoms with Gasteiger partial charge in [0, 0.05) is 18.1 Å². The zero-order valence-electron chi connectivity index (χ0n) is 15.5. The number of fused-ring (bicyclic) bond motifs is 1. The highest BCUT2D eigenvalue weighted by molar-refractivity contribution is 6.10. The third-order valence-corrected chi connectivity index (χ3v) is 4.88. The average molecular weight is 395 g/mol. The van der Waals surface area contributed by atoms with Crippen LogP contribution in [0.4, 0.5) is 11.4 Å². The van der Waals surface area contributed by atoms with E-state index in [0.29, 0.717) is 24.2 Å². The minimum absolute atomic E-state index is 0.0858. The lowest BCUT2D eigenvalue weighted by Crippen LogP contribution is -2.18. The van der Waals surface area contributed by atoms with Crippen LogP contribution in [0.3, 0.4) is 0 Å². The molecule has 9 nitrogen and oxygen atoms in total. The number of nitrogens with zero attached hydrogens (tertiary/aromatic N) is 2. The molecule has 148 valence electrons. The quantitative estimate of drug-likeness (QED) is 0.354. The van der Waals surface area contributed by atoms with Crippen LogP contribution in [0, 0.1) is 27.4 Å². The molecule has 1 saturated carbocycles. The zero-order valence-corrected chi connectivity index (χ0v) is 15.5. The lowest BCUT2D eigenvalue weighted by Gasteiger charge is -2.19. The largest absolute Gasteiger partial charge is 0.486 e. The number of carbonyl (C=O) groups excluding carboxylic acids is 1. The molecule has 9 heteroatoms. The van der Waals surface area contributed by atoms with Crippen LogP contribution < -0.4 is 14.8 Å². The van der Waals surface area contributed by atoms with Crippen LogP contribution in [0.1, 0.15) is 30.8 Å². The van der Waals surface area contributed by atoms with Crippen LogP contribution in [0.5, 0.6) is 11.5 Å². The van der Waals surface area contributed by atoms with Crippen molar-refractivity contribution >= 4 is 23.4 Å². The van der Waals surface area contributed by atoms with Crippen molar-refractivity contribution in [3.8, 4) is 17.6 Å². The Morgan fingerprint density at radius 2 is 2.00 bits per heavy atom. The van der Waals surface area contributed by atoms with E-state index in [1.807, 2.05) is 12.1 Å². The summed E-state index contributed by atoms with van der Waals surface area (Å²) in [6.07, 6.45) is 2.37. The normalized spacial score (nSPS) is 19.9. The average Bonchev–Trinajstić information content (AvgIpc) is 3.25. The Labute approximate surface area is 165 Å². The number of anilines is 1. The lowest BCUT2D eigenvalue weighted by molar-refractivity contribution is -0.384. The van der Waals surface area contributed by atoms with Crippen molar-refractivity contribution in [2.24, 2.45) is 5.92 Å². The van der Waals surface area contributed by atoms with Crippen molar-refractivity contribution in [3.05, 3.63) is 51.5 Å². The van der Waals surface area contributed by atoms with Gasteiger partial charge in [0.25, 0.3) is 11.6 Å². The van der Waals surface area contributed by atoms with Gasteiger partial charge in [-0.2, -0.15) is 5.26 Å². The number of nitro benzene ring substituents is 1. The number of nitrogens with one attached hydrogen (secondary N) is 1. The second-order valence-corrected chi connectivity index (χ2v) is 6.95. The van der Waals surface area contributed by atoms with Gasteiger partial charge in [0.1, 0.15) is 42.1 Å². The lowest BCUT2D eigenvalue weighted by atomic mass is 10.2. The molecule has 1 aliphatic carbocycles. The topological polar surface area (TPSA) is 128 Å². The number of furan rings is 1. The molecule has 0 saturated heterocycles. The molecule has 2 aliphatic rings. The molecule has 2 aromatic rings. The maximum Gasteiger partial charge on any atom is 0.296 e. The summed E-state index contributed by atoms with van der Waals surface area (Å²) in [5.41, 5.74) is -0.681. The van der Waals surface area contributed by atoms with E-state index >= 15 is 0 Å². The molecule has 1 N–H and O–H groups in total. The smallest absolute Gasteiger partial charge is 0.296 e. The SMILES string of the molecule is C[C@H]1C[C@H]1c1ccc(/C=C(\C#N)C(=O)Nc2cc3c(cc2[N+](=O)[O-])OCCO3)o1. The highest BCUT2D eigenvalue weighted by Gasteiger charge is 2.36. The standard InChI is InChI=1S/C20H17N3O6/c1-11-6-14(11)17-3-2-13(29-17)7-12(10-21)20(24)22-15-8-18-19(28-5-4-27-18)9-16(15)23(25)26/h2-3,7-9,11,14H,4-6H2,1H3,(H,22,24)/b12-7+/t11-,14+/m0/s1. The molecule has 0 radical (unpaired) electrons. The van der Waals surface area contributed by atoms with Crippen molar-refractivity contribution in [1.82, 2.24) is 0 Å². The van der Waals surface area contributed by atoms with Crippen LogP contribution in [-0.4, -0.2) is 24.0 Å². The third kappa shape index (κ3) is 3.78. The number of benzene rings is 1. The number of nitro groups is 1. The Bertz CT molecular complexity index is 1060. The Balaban J connectivity index is 1.58. The maximum absolute atomic E-state index is 12.6. The predicted octanol–water partition coefficient (Wildman–Crippen LogP) is 3.63. The summed E-state index contributed by atoms with van der Waals surface area (Å²) in [6, 6.07) is 7.84.